The second-order valence-electron chi connectivity index (χ2n) is 5.99. The Balaban J connectivity index is 1.93. The number of carbonyl (C=O) groups excluding carboxylic acids is 2. The number of halogens is 1. The molecule has 0 spiro atoms. The van der Waals surface area contributed by atoms with E-state index in [1.54, 1.807) is 0 Å². The van der Waals surface area contributed by atoms with Crippen LogP contribution in [-0.2, 0) is 9.59 Å². The molecule has 0 radical (unpaired) electrons. The normalized spacial score (nSPS) is 15.6. The fraction of sp³-hybridized carbons (Fsp3) is 0.500. The summed E-state index contributed by atoms with van der Waals surface area (Å²) in [5.74, 6) is 0.189. The lowest BCUT2D eigenvalue weighted by molar-refractivity contribution is -0.134. The number of hydrogen-bond donors (Lipinski definition) is 2. The zero-order chi connectivity index (χ0) is 15.5. The first-order valence-corrected chi connectivity index (χ1v) is 8.09. The number of carbonyl (C=O) groups is 2. The third-order valence-electron chi connectivity index (χ3n) is 3.71. The molecule has 1 aliphatic rings. The van der Waals surface area contributed by atoms with Crippen molar-refractivity contribution in [2.75, 3.05) is 11.9 Å². The molecule has 0 unspecified atom stereocenters. The Morgan fingerprint density at radius 3 is 2.57 bits per heavy atom. The average molecular weight is 353 g/mol. The van der Waals surface area contributed by atoms with Crippen molar-refractivity contribution in [3.63, 3.8) is 0 Å². The number of benzene rings is 1. The van der Waals surface area contributed by atoms with Crippen molar-refractivity contribution in [3.8, 4) is 0 Å². The maximum atomic E-state index is 12.4. The molecule has 0 atom stereocenters. The van der Waals surface area contributed by atoms with Gasteiger partial charge in [-0.15, -0.1) is 0 Å². The summed E-state index contributed by atoms with van der Waals surface area (Å²) in [5.41, 5.74) is -0.158. The molecular weight excluding hydrogens is 332 g/mol. The van der Waals surface area contributed by atoms with Crippen molar-refractivity contribution in [3.05, 3.63) is 28.7 Å². The zero-order valence-corrected chi connectivity index (χ0v) is 14.0. The van der Waals surface area contributed by atoms with Gasteiger partial charge in [0, 0.05) is 16.7 Å². The van der Waals surface area contributed by atoms with Crippen molar-refractivity contribution >= 4 is 33.4 Å². The molecule has 0 saturated heterocycles. The quantitative estimate of drug-likeness (QED) is 0.771. The lowest BCUT2D eigenvalue weighted by atomic mass is 10.0. The van der Waals surface area contributed by atoms with Crippen LogP contribution in [0.1, 0.15) is 33.1 Å². The first kappa shape index (κ1) is 16.0. The summed E-state index contributed by atoms with van der Waals surface area (Å²) in [4.78, 5) is 24.6. The van der Waals surface area contributed by atoms with E-state index >= 15 is 0 Å². The highest BCUT2D eigenvalue weighted by atomic mass is 79.9. The van der Waals surface area contributed by atoms with Gasteiger partial charge in [-0.05, 0) is 43.4 Å². The van der Waals surface area contributed by atoms with Crippen LogP contribution in [0.4, 0.5) is 5.69 Å². The molecule has 21 heavy (non-hydrogen) atoms. The van der Waals surface area contributed by atoms with Gasteiger partial charge in [-0.3, -0.25) is 9.59 Å². The van der Waals surface area contributed by atoms with Gasteiger partial charge < -0.3 is 10.6 Å². The smallest absolute Gasteiger partial charge is 0.240 e. The summed E-state index contributed by atoms with van der Waals surface area (Å²) >= 11 is 3.36. The predicted octanol–water partition coefficient (Wildman–Crippen LogP) is 3.33. The fourth-order valence-corrected chi connectivity index (χ4v) is 2.54. The van der Waals surface area contributed by atoms with Gasteiger partial charge in [0.1, 0.15) is 5.41 Å². The molecule has 4 nitrogen and oxygen atoms in total. The fourth-order valence-electron chi connectivity index (χ4n) is 2.14. The van der Waals surface area contributed by atoms with Gasteiger partial charge in [0.05, 0.1) is 0 Å². The van der Waals surface area contributed by atoms with Gasteiger partial charge in [0.25, 0.3) is 0 Å². The Kier molecular flexibility index (Phi) is 5.04. The van der Waals surface area contributed by atoms with Crippen LogP contribution in [0.25, 0.3) is 0 Å². The molecule has 1 saturated carbocycles. The molecule has 1 fully saturated rings. The lowest BCUT2D eigenvalue weighted by Crippen LogP contribution is -2.40. The van der Waals surface area contributed by atoms with E-state index in [4.69, 9.17) is 0 Å². The van der Waals surface area contributed by atoms with E-state index in [9.17, 15) is 9.59 Å². The topological polar surface area (TPSA) is 58.2 Å². The number of hydrogen-bond acceptors (Lipinski definition) is 2. The summed E-state index contributed by atoms with van der Waals surface area (Å²) in [6.07, 6.45) is 2.18. The molecule has 2 N–H and O–H groups in total. The molecule has 0 heterocycles. The van der Waals surface area contributed by atoms with Crippen molar-refractivity contribution in [2.24, 2.45) is 11.3 Å². The minimum atomic E-state index is -0.862. The minimum absolute atomic E-state index is 0.143. The van der Waals surface area contributed by atoms with E-state index in [-0.39, 0.29) is 11.8 Å². The first-order valence-electron chi connectivity index (χ1n) is 7.29. The highest BCUT2D eigenvalue weighted by Crippen LogP contribution is 2.46. The van der Waals surface area contributed by atoms with Crippen LogP contribution < -0.4 is 10.6 Å². The van der Waals surface area contributed by atoms with Gasteiger partial charge in [-0.2, -0.15) is 0 Å². The number of rotatable bonds is 6. The van der Waals surface area contributed by atoms with Crippen LogP contribution in [-0.4, -0.2) is 18.4 Å². The zero-order valence-electron chi connectivity index (χ0n) is 12.4. The molecule has 1 aromatic carbocycles. The molecule has 1 aromatic rings. The Bertz CT molecular complexity index is 539. The van der Waals surface area contributed by atoms with Crippen LogP contribution >= 0.6 is 15.9 Å². The van der Waals surface area contributed by atoms with E-state index < -0.39 is 5.41 Å². The number of amides is 2. The van der Waals surface area contributed by atoms with Crippen LogP contribution in [0.3, 0.4) is 0 Å². The van der Waals surface area contributed by atoms with Crippen molar-refractivity contribution in [1.29, 1.82) is 0 Å². The SMILES string of the molecule is CC(C)CCNC(=O)C1(C(=O)Nc2cccc(Br)c2)CC1. The third-order valence-corrected chi connectivity index (χ3v) is 4.20. The average Bonchev–Trinajstić information content (AvgIpc) is 3.19. The molecule has 0 bridgehead atoms. The van der Waals surface area contributed by atoms with Gasteiger partial charge in [0.2, 0.25) is 11.8 Å². The van der Waals surface area contributed by atoms with Crippen molar-refractivity contribution in [1.82, 2.24) is 5.32 Å². The van der Waals surface area contributed by atoms with Crippen LogP contribution in [0, 0.1) is 11.3 Å². The Morgan fingerprint density at radius 1 is 1.29 bits per heavy atom. The van der Waals surface area contributed by atoms with Gasteiger partial charge in [-0.1, -0.05) is 35.8 Å². The second kappa shape index (κ2) is 6.60. The largest absolute Gasteiger partial charge is 0.355 e. The number of anilines is 1. The Labute approximate surface area is 133 Å². The summed E-state index contributed by atoms with van der Waals surface area (Å²) in [5, 5.41) is 5.72. The molecule has 0 aromatic heterocycles. The van der Waals surface area contributed by atoms with Crippen LogP contribution in [0.5, 0.6) is 0 Å². The van der Waals surface area contributed by atoms with Gasteiger partial charge in [0.15, 0.2) is 0 Å². The second-order valence-corrected chi connectivity index (χ2v) is 6.90. The maximum Gasteiger partial charge on any atom is 0.240 e. The van der Waals surface area contributed by atoms with E-state index in [1.807, 2.05) is 24.3 Å². The summed E-state index contributed by atoms with van der Waals surface area (Å²) in [6, 6.07) is 7.38. The molecule has 1 aliphatic carbocycles. The third kappa shape index (κ3) is 4.06. The standard InChI is InChI=1S/C16H21BrN2O2/c1-11(2)6-9-18-14(20)16(7-8-16)15(21)19-13-5-3-4-12(17)10-13/h3-5,10-11H,6-9H2,1-2H3,(H,18,20)(H,19,21). The highest BCUT2D eigenvalue weighted by molar-refractivity contribution is 9.10. The van der Waals surface area contributed by atoms with E-state index in [0.717, 1.165) is 10.9 Å². The van der Waals surface area contributed by atoms with Crippen LogP contribution in [0.2, 0.25) is 0 Å². The molecule has 2 amide bonds. The summed E-state index contributed by atoms with van der Waals surface area (Å²) in [6.45, 7) is 4.85. The lowest BCUT2D eigenvalue weighted by Gasteiger charge is -2.16. The monoisotopic (exact) mass is 352 g/mol. The van der Waals surface area contributed by atoms with Gasteiger partial charge >= 0.3 is 0 Å². The summed E-state index contributed by atoms with van der Waals surface area (Å²) < 4.78 is 0.895. The summed E-state index contributed by atoms with van der Waals surface area (Å²) in [7, 11) is 0. The first-order chi connectivity index (χ1) is 9.94. The minimum Gasteiger partial charge on any atom is -0.355 e. The van der Waals surface area contributed by atoms with Crippen LogP contribution in [0.15, 0.2) is 28.7 Å². The van der Waals surface area contributed by atoms with E-state index in [1.165, 1.54) is 0 Å². The van der Waals surface area contributed by atoms with Crippen molar-refractivity contribution in [2.45, 2.75) is 33.1 Å². The van der Waals surface area contributed by atoms with Crippen molar-refractivity contribution < 1.29 is 9.59 Å². The Hall–Kier alpha value is -1.36. The Morgan fingerprint density at radius 2 is 2.00 bits per heavy atom. The maximum absolute atomic E-state index is 12.4. The van der Waals surface area contributed by atoms with Gasteiger partial charge in [-0.25, -0.2) is 0 Å². The number of nitrogens with one attached hydrogen (secondary N) is 2. The molecule has 2 rings (SSSR count). The molecule has 0 aliphatic heterocycles. The highest BCUT2D eigenvalue weighted by Gasteiger charge is 2.56. The molecular formula is C16H21BrN2O2. The van der Waals surface area contributed by atoms with E-state index in [0.29, 0.717) is 31.0 Å². The molecule has 5 heteroatoms. The van der Waals surface area contributed by atoms with E-state index in [2.05, 4.69) is 40.4 Å². The molecule has 114 valence electrons. The predicted molar refractivity (Wildman–Crippen MR) is 86.9 cm³/mol.